The third-order valence-corrected chi connectivity index (χ3v) is 3.21. The standard InChI is InChI=1S/C16H27ClN4O2/c1-3-18-16(19-8-4-10-23-12-11-22-2)20-9-7-14-5-6-15(17)21-13-14/h5-6,13H,3-4,7-12H2,1-2H3,(H2,18,19,20). The lowest BCUT2D eigenvalue weighted by molar-refractivity contribution is 0.0702. The molecule has 0 atom stereocenters. The van der Waals surface area contributed by atoms with E-state index in [4.69, 9.17) is 21.1 Å². The van der Waals surface area contributed by atoms with Gasteiger partial charge in [0.1, 0.15) is 5.15 Å². The molecule has 0 saturated heterocycles. The summed E-state index contributed by atoms with van der Waals surface area (Å²) in [6.45, 7) is 6.36. The summed E-state index contributed by atoms with van der Waals surface area (Å²) in [5.41, 5.74) is 1.14. The highest BCUT2D eigenvalue weighted by atomic mass is 35.5. The normalized spacial score (nSPS) is 11.5. The maximum atomic E-state index is 5.78. The number of halogens is 1. The molecular formula is C16H27ClN4O2. The van der Waals surface area contributed by atoms with E-state index in [0.717, 1.165) is 44.0 Å². The van der Waals surface area contributed by atoms with E-state index in [-0.39, 0.29) is 0 Å². The van der Waals surface area contributed by atoms with Gasteiger partial charge in [0.05, 0.1) is 13.2 Å². The molecule has 2 N–H and O–H groups in total. The van der Waals surface area contributed by atoms with Crippen molar-refractivity contribution in [3.05, 3.63) is 29.0 Å². The van der Waals surface area contributed by atoms with Gasteiger partial charge in [-0.25, -0.2) is 4.98 Å². The Bertz CT molecular complexity index is 440. The topological polar surface area (TPSA) is 67.8 Å². The van der Waals surface area contributed by atoms with Crippen molar-refractivity contribution in [3.8, 4) is 0 Å². The molecule has 0 amide bonds. The summed E-state index contributed by atoms with van der Waals surface area (Å²) in [4.78, 5) is 8.60. The zero-order valence-corrected chi connectivity index (χ0v) is 14.7. The Morgan fingerprint density at radius 2 is 2.13 bits per heavy atom. The van der Waals surface area contributed by atoms with E-state index in [1.807, 2.05) is 13.0 Å². The van der Waals surface area contributed by atoms with Gasteiger partial charge in [0.15, 0.2) is 5.96 Å². The van der Waals surface area contributed by atoms with Gasteiger partial charge in [0, 0.05) is 39.5 Å². The van der Waals surface area contributed by atoms with Gasteiger partial charge >= 0.3 is 0 Å². The number of pyridine rings is 1. The van der Waals surface area contributed by atoms with Crippen LogP contribution in [-0.2, 0) is 15.9 Å². The fourth-order valence-corrected chi connectivity index (χ4v) is 1.93. The van der Waals surface area contributed by atoms with E-state index in [1.54, 1.807) is 19.4 Å². The van der Waals surface area contributed by atoms with E-state index >= 15 is 0 Å². The van der Waals surface area contributed by atoms with Gasteiger partial charge in [-0.05, 0) is 31.4 Å². The molecule has 0 fully saturated rings. The second-order valence-electron chi connectivity index (χ2n) is 4.89. The molecule has 0 aliphatic rings. The zero-order chi connectivity index (χ0) is 16.8. The van der Waals surface area contributed by atoms with Crippen LogP contribution in [0, 0.1) is 0 Å². The van der Waals surface area contributed by atoms with Crippen LogP contribution < -0.4 is 10.6 Å². The quantitative estimate of drug-likeness (QED) is 0.278. The number of aliphatic imine (C=N–C) groups is 1. The Labute approximate surface area is 143 Å². The maximum absolute atomic E-state index is 5.78. The van der Waals surface area contributed by atoms with Gasteiger partial charge in [0.2, 0.25) is 0 Å². The van der Waals surface area contributed by atoms with Crippen molar-refractivity contribution in [2.75, 3.05) is 46.6 Å². The van der Waals surface area contributed by atoms with Gasteiger partial charge in [-0.15, -0.1) is 0 Å². The van der Waals surface area contributed by atoms with Crippen LogP contribution in [-0.4, -0.2) is 57.5 Å². The van der Waals surface area contributed by atoms with Gasteiger partial charge in [-0.3, -0.25) is 4.99 Å². The number of guanidine groups is 1. The minimum atomic E-state index is 0.518. The van der Waals surface area contributed by atoms with Crippen LogP contribution in [0.2, 0.25) is 5.15 Å². The SMILES string of the molecule is CCNC(=NCCCOCCOC)NCCc1ccc(Cl)nc1. The largest absolute Gasteiger partial charge is 0.382 e. The second kappa shape index (κ2) is 13.1. The van der Waals surface area contributed by atoms with Crippen molar-refractivity contribution in [3.63, 3.8) is 0 Å². The van der Waals surface area contributed by atoms with E-state index in [1.165, 1.54) is 0 Å². The molecule has 0 saturated carbocycles. The molecular weight excluding hydrogens is 316 g/mol. The molecule has 0 bridgehead atoms. The average molecular weight is 343 g/mol. The van der Waals surface area contributed by atoms with Crippen LogP contribution in [0.25, 0.3) is 0 Å². The summed E-state index contributed by atoms with van der Waals surface area (Å²) in [6.07, 6.45) is 3.56. The molecule has 1 aromatic heterocycles. The monoisotopic (exact) mass is 342 g/mol. The molecule has 0 spiro atoms. The van der Waals surface area contributed by atoms with Crippen molar-refractivity contribution in [2.45, 2.75) is 19.8 Å². The molecule has 0 aliphatic heterocycles. The summed E-state index contributed by atoms with van der Waals surface area (Å²) in [5, 5.41) is 7.06. The molecule has 1 aromatic rings. The van der Waals surface area contributed by atoms with Gasteiger partial charge in [-0.1, -0.05) is 17.7 Å². The molecule has 6 nitrogen and oxygen atoms in total. The first-order chi connectivity index (χ1) is 11.3. The summed E-state index contributed by atoms with van der Waals surface area (Å²) >= 11 is 5.78. The van der Waals surface area contributed by atoms with Crippen molar-refractivity contribution < 1.29 is 9.47 Å². The minimum absolute atomic E-state index is 0.518. The maximum Gasteiger partial charge on any atom is 0.191 e. The summed E-state index contributed by atoms with van der Waals surface area (Å²) in [6, 6.07) is 3.79. The van der Waals surface area contributed by atoms with Crippen LogP contribution >= 0.6 is 11.6 Å². The number of nitrogens with zero attached hydrogens (tertiary/aromatic N) is 2. The minimum Gasteiger partial charge on any atom is -0.382 e. The number of hydrogen-bond acceptors (Lipinski definition) is 4. The average Bonchev–Trinajstić information content (AvgIpc) is 2.56. The van der Waals surface area contributed by atoms with E-state index in [9.17, 15) is 0 Å². The highest BCUT2D eigenvalue weighted by molar-refractivity contribution is 6.29. The first-order valence-corrected chi connectivity index (χ1v) is 8.33. The lowest BCUT2D eigenvalue weighted by Gasteiger charge is -2.11. The molecule has 1 heterocycles. The third kappa shape index (κ3) is 10.1. The van der Waals surface area contributed by atoms with Crippen molar-refractivity contribution >= 4 is 17.6 Å². The predicted octanol–water partition coefficient (Wildman–Crippen LogP) is 1.89. The number of methoxy groups -OCH3 is 1. The molecule has 0 unspecified atom stereocenters. The fourth-order valence-electron chi connectivity index (χ4n) is 1.82. The molecule has 0 aromatic carbocycles. The Hall–Kier alpha value is -1.37. The van der Waals surface area contributed by atoms with Crippen LogP contribution in [0.1, 0.15) is 18.9 Å². The Morgan fingerprint density at radius 1 is 1.26 bits per heavy atom. The Kier molecular flexibility index (Phi) is 11.2. The summed E-state index contributed by atoms with van der Waals surface area (Å²) in [5.74, 6) is 0.825. The first-order valence-electron chi connectivity index (χ1n) is 7.95. The molecule has 0 radical (unpaired) electrons. The van der Waals surface area contributed by atoms with Crippen LogP contribution in [0.5, 0.6) is 0 Å². The molecule has 0 aliphatic carbocycles. The molecule has 23 heavy (non-hydrogen) atoms. The van der Waals surface area contributed by atoms with E-state index < -0.39 is 0 Å². The number of hydrogen-bond donors (Lipinski definition) is 2. The highest BCUT2D eigenvalue weighted by Crippen LogP contribution is 2.05. The van der Waals surface area contributed by atoms with E-state index in [2.05, 4.69) is 20.6 Å². The Morgan fingerprint density at radius 3 is 2.83 bits per heavy atom. The molecule has 7 heteroatoms. The second-order valence-corrected chi connectivity index (χ2v) is 5.27. The lowest BCUT2D eigenvalue weighted by atomic mass is 10.2. The van der Waals surface area contributed by atoms with Gasteiger partial charge < -0.3 is 20.1 Å². The van der Waals surface area contributed by atoms with Crippen molar-refractivity contribution in [1.29, 1.82) is 0 Å². The fraction of sp³-hybridized carbons (Fsp3) is 0.625. The van der Waals surface area contributed by atoms with Crippen LogP contribution in [0.4, 0.5) is 0 Å². The van der Waals surface area contributed by atoms with E-state index in [0.29, 0.717) is 25.0 Å². The van der Waals surface area contributed by atoms with Crippen molar-refractivity contribution in [2.24, 2.45) is 4.99 Å². The van der Waals surface area contributed by atoms with Crippen LogP contribution in [0.3, 0.4) is 0 Å². The predicted molar refractivity (Wildman–Crippen MR) is 94.2 cm³/mol. The van der Waals surface area contributed by atoms with Crippen molar-refractivity contribution in [1.82, 2.24) is 15.6 Å². The smallest absolute Gasteiger partial charge is 0.191 e. The number of aromatic nitrogens is 1. The number of nitrogens with one attached hydrogen (secondary N) is 2. The zero-order valence-electron chi connectivity index (χ0n) is 14.0. The van der Waals surface area contributed by atoms with Gasteiger partial charge in [0.25, 0.3) is 0 Å². The van der Waals surface area contributed by atoms with Gasteiger partial charge in [-0.2, -0.15) is 0 Å². The summed E-state index contributed by atoms with van der Waals surface area (Å²) < 4.78 is 10.3. The number of ether oxygens (including phenoxy) is 2. The third-order valence-electron chi connectivity index (χ3n) is 2.99. The van der Waals surface area contributed by atoms with Crippen LogP contribution in [0.15, 0.2) is 23.3 Å². The first kappa shape index (κ1) is 19.7. The Balaban J connectivity index is 2.22. The lowest BCUT2D eigenvalue weighted by Crippen LogP contribution is -2.38. The molecule has 130 valence electrons. The highest BCUT2D eigenvalue weighted by Gasteiger charge is 1.98. The number of rotatable bonds is 11. The summed E-state index contributed by atoms with van der Waals surface area (Å²) in [7, 11) is 1.67. The molecule has 1 rings (SSSR count).